The molecule has 6 rings (SSSR count). The van der Waals surface area contributed by atoms with E-state index in [1.165, 1.54) is 12.1 Å². The molecule has 0 unspecified atom stereocenters. The number of halogens is 2. The maximum atomic E-state index is 13.6. The number of nitrogens with one attached hydrogen (secondary N) is 2. The zero-order chi connectivity index (χ0) is 31.0. The molecule has 2 aliphatic rings. The number of hydrogen-bond donors (Lipinski definition) is 2. The van der Waals surface area contributed by atoms with Gasteiger partial charge in [0.2, 0.25) is 0 Å². The summed E-state index contributed by atoms with van der Waals surface area (Å²) in [5.41, 5.74) is 3.16. The fraction of sp³-hybridized carbons (Fsp3) is 0.364. The van der Waals surface area contributed by atoms with Gasteiger partial charge in [-0.2, -0.15) is 5.10 Å². The minimum Gasteiger partial charge on any atom is -0.444 e. The standard InChI is InChI=1S/C33H36F2N6O3/c1-33(2,3)44-32(43)41-19-27(20-41)40-12-10-39(11-13-40)26-7-5-23(6-8-26)31(42)36-30-28-17-21(4-9-29(28)37-38-30)14-22-15-24(34)18-25(35)16-22/h4-9,15-18,27H,10-14,19-20H2,1-3H3,(H2,36,37,38,42). The van der Waals surface area contributed by atoms with E-state index < -0.39 is 17.2 Å². The molecule has 3 aromatic carbocycles. The van der Waals surface area contributed by atoms with Gasteiger partial charge in [-0.1, -0.05) is 6.07 Å². The highest BCUT2D eigenvalue weighted by molar-refractivity contribution is 6.08. The number of amides is 2. The molecule has 9 nitrogen and oxygen atoms in total. The van der Waals surface area contributed by atoms with Gasteiger partial charge in [0.05, 0.1) is 5.52 Å². The number of H-pyrrole nitrogens is 1. The number of likely N-dealkylation sites (tertiary alicyclic amines) is 1. The fourth-order valence-corrected chi connectivity index (χ4v) is 5.73. The molecular weight excluding hydrogens is 566 g/mol. The Morgan fingerprint density at radius 3 is 2.27 bits per heavy atom. The Labute approximate surface area is 254 Å². The Morgan fingerprint density at radius 2 is 1.61 bits per heavy atom. The number of hydrogen-bond acceptors (Lipinski definition) is 6. The van der Waals surface area contributed by atoms with Crippen molar-refractivity contribution in [3.8, 4) is 0 Å². The highest BCUT2D eigenvalue weighted by Crippen LogP contribution is 2.26. The van der Waals surface area contributed by atoms with Crippen molar-refractivity contribution in [3.05, 3.63) is 89.0 Å². The second kappa shape index (κ2) is 11.9. The molecule has 2 saturated heterocycles. The number of ether oxygens (including phenoxy) is 1. The average Bonchev–Trinajstić information content (AvgIpc) is 3.33. The number of anilines is 2. The number of fused-ring (bicyclic) bond motifs is 1. The lowest BCUT2D eigenvalue weighted by molar-refractivity contribution is -0.0162. The van der Waals surface area contributed by atoms with E-state index in [9.17, 15) is 18.4 Å². The van der Waals surface area contributed by atoms with Gasteiger partial charge >= 0.3 is 6.09 Å². The predicted molar refractivity (Wildman–Crippen MR) is 165 cm³/mol. The van der Waals surface area contributed by atoms with Gasteiger partial charge in [0.1, 0.15) is 17.2 Å². The topological polar surface area (TPSA) is 93.8 Å². The molecule has 2 aliphatic heterocycles. The predicted octanol–water partition coefficient (Wildman–Crippen LogP) is 5.43. The smallest absolute Gasteiger partial charge is 0.410 e. The number of carbonyl (C=O) groups excluding carboxylic acids is 2. The van der Waals surface area contributed by atoms with Crippen LogP contribution in [0.15, 0.2) is 60.7 Å². The summed E-state index contributed by atoms with van der Waals surface area (Å²) < 4.78 is 32.8. The Kier molecular flexibility index (Phi) is 7.98. The third-order valence-corrected chi connectivity index (χ3v) is 8.03. The minimum absolute atomic E-state index is 0.250. The third-order valence-electron chi connectivity index (χ3n) is 8.03. The van der Waals surface area contributed by atoms with Crippen molar-refractivity contribution in [2.45, 2.75) is 38.8 Å². The van der Waals surface area contributed by atoms with E-state index in [0.717, 1.165) is 49.0 Å². The van der Waals surface area contributed by atoms with Crippen LogP contribution in [0.4, 0.5) is 25.1 Å². The summed E-state index contributed by atoms with van der Waals surface area (Å²) in [6.45, 7) is 10.5. The maximum Gasteiger partial charge on any atom is 0.410 e. The summed E-state index contributed by atoms with van der Waals surface area (Å²) >= 11 is 0. The van der Waals surface area contributed by atoms with Crippen molar-refractivity contribution < 1.29 is 23.1 Å². The first-order valence-corrected chi connectivity index (χ1v) is 14.8. The Bertz CT molecular complexity index is 1650. The zero-order valence-electron chi connectivity index (χ0n) is 25.1. The van der Waals surface area contributed by atoms with Crippen LogP contribution in [0.2, 0.25) is 0 Å². The SMILES string of the molecule is CC(C)(C)OC(=O)N1CC(N2CCN(c3ccc(C(=O)Nc4n[nH]c5ccc(Cc6cc(F)cc(F)c6)cc45)cc3)CC2)C1. The molecule has 1 aromatic heterocycles. The van der Waals surface area contributed by atoms with E-state index in [-0.39, 0.29) is 12.0 Å². The number of benzene rings is 3. The zero-order valence-corrected chi connectivity index (χ0v) is 25.1. The molecule has 2 amide bonds. The van der Waals surface area contributed by atoms with Gasteiger partial charge in [-0.05, 0) is 86.8 Å². The minimum atomic E-state index is -0.618. The molecule has 3 heterocycles. The Hall–Kier alpha value is -4.51. The number of aromatic nitrogens is 2. The molecule has 0 aliphatic carbocycles. The van der Waals surface area contributed by atoms with Crippen LogP contribution in [-0.2, 0) is 11.2 Å². The summed E-state index contributed by atoms with van der Waals surface area (Å²) in [5.74, 6) is -1.13. The highest BCUT2D eigenvalue weighted by Gasteiger charge is 2.38. The number of aromatic amines is 1. The largest absolute Gasteiger partial charge is 0.444 e. The van der Waals surface area contributed by atoms with Crippen LogP contribution in [0, 0.1) is 11.6 Å². The number of carbonyl (C=O) groups is 2. The molecule has 11 heteroatoms. The van der Waals surface area contributed by atoms with Crippen LogP contribution in [-0.4, -0.2) is 82.9 Å². The van der Waals surface area contributed by atoms with E-state index in [2.05, 4.69) is 25.3 Å². The lowest BCUT2D eigenvalue weighted by Gasteiger charge is -2.48. The van der Waals surface area contributed by atoms with Crippen LogP contribution >= 0.6 is 0 Å². The van der Waals surface area contributed by atoms with Crippen molar-refractivity contribution >= 4 is 34.4 Å². The van der Waals surface area contributed by atoms with E-state index in [1.807, 2.05) is 51.1 Å². The van der Waals surface area contributed by atoms with Gasteiger partial charge in [0.15, 0.2) is 5.82 Å². The van der Waals surface area contributed by atoms with Gasteiger partial charge < -0.3 is 19.9 Å². The third kappa shape index (κ3) is 6.67. The normalized spacial score (nSPS) is 16.2. The number of rotatable bonds is 6. The highest BCUT2D eigenvalue weighted by atomic mass is 19.1. The van der Waals surface area contributed by atoms with Gasteiger partial charge in [0, 0.05) is 68.0 Å². The first kappa shape index (κ1) is 29.6. The van der Waals surface area contributed by atoms with Gasteiger partial charge in [-0.3, -0.25) is 14.8 Å². The lowest BCUT2D eigenvalue weighted by atomic mass is 10.0. The summed E-state index contributed by atoms with van der Waals surface area (Å²) in [6.07, 6.45) is 0.0878. The fourth-order valence-electron chi connectivity index (χ4n) is 5.73. The molecule has 2 N–H and O–H groups in total. The van der Waals surface area contributed by atoms with E-state index in [1.54, 1.807) is 17.0 Å². The second-order valence-electron chi connectivity index (χ2n) is 12.5. The van der Waals surface area contributed by atoms with Crippen LogP contribution in [0.5, 0.6) is 0 Å². The lowest BCUT2D eigenvalue weighted by Crippen LogP contribution is -2.64. The molecule has 0 radical (unpaired) electrons. The number of piperazine rings is 1. The van der Waals surface area contributed by atoms with Crippen molar-refractivity contribution in [3.63, 3.8) is 0 Å². The summed E-state index contributed by atoms with van der Waals surface area (Å²) in [6, 6.07) is 16.9. The van der Waals surface area contributed by atoms with Crippen molar-refractivity contribution in [2.24, 2.45) is 0 Å². The molecular formula is C33H36F2N6O3. The van der Waals surface area contributed by atoms with Crippen molar-refractivity contribution in [1.29, 1.82) is 0 Å². The molecule has 2 fully saturated rings. The summed E-state index contributed by atoms with van der Waals surface area (Å²) in [4.78, 5) is 31.8. The van der Waals surface area contributed by atoms with Crippen LogP contribution in [0.1, 0.15) is 42.3 Å². The first-order chi connectivity index (χ1) is 21.0. The van der Waals surface area contributed by atoms with Crippen LogP contribution in [0.25, 0.3) is 10.9 Å². The van der Waals surface area contributed by atoms with Crippen molar-refractivity contribution in [2.75, 3.05) is 49.5 Å². The molecule has 0 atom stereocenters. The molecule has 0 spiro atoms. The van der Waals surface area contributed by atoms with Gasteiger partial charge in [-0.15, -0.1) is 0 Å². The number of nitrogens with zero attached hydrogens (tertiary/aromatic N) is 4. The van der Waals surface area contributed by atoms with E-state index in [0.29, 0.717) is 47.9 Å². The summed E-state index contributed by atoms with van der Waals surface area (Å²) in [7, 11) is 0. The second-order valence-corrected chi connectivity index (χ2v) is 12.5. The van der Waals surface area contributed by atoms with E-state index >= 15 is 0 Å². The van der Waals surface area contributed by atoms with Crippen LogP contribution < -0.4 is 10.2 Å². The molecule has 4 aromatic rings. The molecule has 230 valence electrons. The molecule has 0 bridgehead atoms. The van der Waals surface area contributed by atoms with Gasteiger partial charge in [-0.25, -0.2) is 13.6 Å². The quantitative estimate of drug-likeness (QED) is 0.306. The van der Waals surface area contributed by atoms with Crippen LogP contribution in [0.3, 0.4) is 0 Å². The average molecular weight is 603 g/mol. The monoisotopic (exact) mass is 602 g/mol. The maximum absolute atomic E-state index is 13.6. The van der Waals surface area contributed by atoms with Gasteiger partial charge in [0.25, 0.3) is 5.91 Å². The first-order valence-electron chi connectivity index (χ1n) is 14.8. The Balaban J connectivity index is 1.03. The molecule has 0 saturated carbocycles. The Morgan fingerprint density at radius 1 is 0.932 bits per heavy atom. The summed E-state index contributed by atoms with van der Waals surface area (Å²) in [5, 5.41) is 10.8. The molecule has 44 heavy (non-hydrogen) atoms. The van der Waals surface area contributed by atoms with Crippen molar-refractivity contribution in [1.82, 2.24) is 20.0 Å². The van der Waals surface area contributed by atoms with E-state index in [4.69, 9.17) is 4.74 Å².